The summed E-state index contributed by atoms with van der Waals surface area (Å²) in [6.07, 6.45) is 2.22. The molecule has 0 aliphatic heterocycles. The maximum atomic E-state index is 9.51. The molecule has 1 atom stereocenters. The lowest BCUT2D eigenvalue weighted by Crippen LogP contribution is -2.32. The highest BCUT2D eigenvalue weighted by atomic mass is 15.6. The minimum atomic E-state index is -0.305. The van der Waals surface area contributed by atoms with Gasteiger partial charge in [0.15, 0.2) is 5.82 Å². The normalized spacial score (nSPS) is 12.1. The Kier molecular flexibility index (Phi) is 6.78. The second-order valence-electron chi connectivity index (χ2n) is 8.87. The molecule has 178 valence electrons. The van der Waals surface area contributed by atoms with Crippen molar-refractivity contribution in [2.24, 2.45) is 0 Å². The maximum absolute atomic E-state index is 9.51. The van der Waals surface area contributed by atoms with E-state index in [0.29, 0.717) is 25.3 Å². The number of fused-ring (bicyclic) bond motifs is 1. The summed E-state index contributed by atoms with van der Waals surface area (Å²) < 4.78 is 1.86. The van der Waals surface area contributed by atoms with Crippen LogP contribution in [-0.2, 0) is 6.54 Å². The average Bonchev–Trinajstić information content (AvgIpc) is 3.37. The molecule has 7 nitrogen and oxygen atoms in total. The Labute approximate surface area is 210 Å². The molecule has 2 heterocycles. The van der Waals surface area contributed by atoms with Gasteiger partial charge < -0.3 is 0 Å². The average molecular weight is 474 g/mol. The molecule has 5 aromatic rings. The molecular formula is C29H27N7. The summed E-state index contributed by atoms with van der Waals surface area (Å²) in [6, 6.07) is 28.7. The predicted octanol–water partition coefficient (Wildman–Crippen LogP) is 5.33. The van der Waals surface area contributed by atoms with Crippen molar-refractivity contribution in [3.05, 3.63) is 113 Å². The first kappa shape index (κ1) is 23.3. The molecule has 0 spiro atoms. The van der Waals surface area contributed by atoms with E-state index in [1.165, 1.54) is 0 Å². The molecule has 36 heavy (non-hydrogen) atoms. The number of hydrogen-bond acceptors (Lipinski definition) is 6. The molecule has 0 saturated carbocycles. The molecular weight excluding hydrogens is 446 g/mol. The molecule has 0 bridgehead atoms. The Morgan fingerprint density at radius 3 is 2.44 bits per heavy atom. The van der Waals surface area contributed by atoms with Gasteiger partial charge in [0.25, 0.3) is 0 Å². The van der Waals surface area contributed by atoms with E-state index in [4.69, 9.17) is 0 Å². The fraction of sp³-hybridized carbons (Fsp3) is 0.207. The van der Waals surface area contributed by atoms with E-state index < -0.39 is 0 Å². The molecule has 3 aromatic carbocycles. The Hall–Kier alpha value is -4.41. The Morgan fingerprint density at radius 2 is 1.67 bits per heavy atom. The van der Waals surface area contributed by atoms with Crippen LogP contribution in [0.25, 0.3) is 16.6 Å². The van der Waals surface area contributed by atoms with Crippen molar-refractivity contribution < 1.29 is 0 Å². The second kappa shape index (κ2) is 10.5. The van der Waals surface area contributed by atoms with E-state index in [1.54, 1.807) is 0 Å². The summed E-state index contributed by atoms with van der Waals surface area (Å²) in [5, 5.41) is 23.7. The Bertz CT molecular complexity index is 1490. The van der Waals surface area contributed by atoms with Crippen molar-refractivity contribution in [2.75, 3.05) is 6.54 Å². The Morgan fingerprint density at radius 1 is 0.917 bits per heavy atom. The van der Waals surface area contributed by atoms with Gasteiger partial charge in [0.1, 0.15) is 0 Å². The van der Waals surface area contributed by atoms with Crippen LogP contribution in [0.4, 0.5) is 0 Å². The summed E-state index contributed by atoms with van der Waals surface area (Å²) >= 11 is 0. The number of aryl methyl sites for hydroxylation is 2. The number of nitrogens with zero attached hydrogens (tertiary/aromatic N) is 7. The van der Waals surface area contributed by atoms with Gasteiger partial charge in [0.2, 0.25) is 0 Å². The van der Waals surface area contributed by atoms with Crippen molar-refractivity contribution in [3.8, 4) is 11.8 Å². The van der Waals surface area contributed by atoms with E-state index in [1.807, 2.05) is 59.4 Å². The lowest BCUT2D eigenvalue weighted by atomic mass is 9.98. The second-order valence-corrected chi connectivity index (χ2v) is 8.87. The SMILES string of the molecule is Cc1cccc(C)c1-n1nnnc1C(c1ccnc2ccccc12)N(CCC#N)Cc1ccccc1. The first-order valence-corrected chi connectivity index (χ1v) is 12.0. The number of hydrogen-bond donors (Lipinski definition) is 0. The van der Waals surface area contributed by atoms with Crippen LogP contribution in [0.5, 0.6) is 0 Å². The van der Waals surface area contributed by atoms with Gasteiger partial charge in [0, 0.05) is 31.1 Å². The zero-order valence-corrected chi connectivity index (χ0v) is 20.4. The smallest absolute Gasteiger partial charge is 0.178 e. The first-order chi connectivity index (χ1) is 17.7. The third kappa shape index (κ3) is 4.59. The van der Waals surface area contributed by atoms with Gasteiger partial charge in [-0.05, 0) is 58.7 Å². The third-order valence-corrected chi connectivity index (χ3v) is 6.47. The number of tetrazole rings is 1. The van der Waals surface area contributed by atoms with Crippen LogP contribution in [0.15, 0.2) is 85.1 Å². The predicted molar refractivity (Wildman–Crippen MR) is 139 cm³/mol. The lowest BCUT2D eigenvalue weighted by Gasteiger charge is -2.31. The van der Waals surface area contributed by atoms with Crippen LogP contribution in [-0.4, -0.2) is 36.6 Å². The molecule has 7 heteroatoms. The highest BCUT2D eigenvalue weighted by Gasteiger charge is 2.30. The van der Waals surface area contributed by atoms with Crippen LogP contribution >= 0.6 is 0 Å². The zero-order chi connectivity index (χ0) is 24.9. The molecule has 0 aliphatic carbocycles. The molecule has 2 aromatic heterocycles. The largest absolute Gasteiger partial charge is 0.284 e. The van der Waals surface area contributed by atoms with E-state index in [0.717, 1.165) is 38.8 Å². The molecule has 0 N–H and O–H groups in total. The first-order valence-electron chi connectivity index (χ1n) is 12.0. The van der Waals surface area contributed by atoms with Crippen LogP contribution in [0, 0.1) is 25.2 Å². The number of rotatable bonds is 8. The number of aromatic nitrogens is 5. The molecule has 0 amide bonds. The van der Waals surface area contributed by atoms with Gasteiger partial charge in [-0.1, -0.05) is 66.7 Å². The summed E-state index contributed by atoms with van der Waals surface area (Å²) in [7, 11) is 0. The Balaban J connectivity index is 1.74. The fourth-order valence-corrected chi connectivity index (χ4v) is 4.83. The van der Waals surface area contributed by atoms with E-state index in [-0.39, 0.29) is 6.04 Å². The van der Waals surface area contributed by atoms with Crippen molar-refractivity contribution >= 4 is 10.9 Å². The van der Waals surface area contributed by atoms with Crippen molar-refractivity contribution in [1.29, 1.82) is 5.26 Å². The van der Waals surface area contributed by atoms with Crippen LogP contribution in [0.1, 0.15) is 40.5 Å². The maximum Gasteiger partial charge on any atom is 0.178 e. The molecule has 1 unspecified atom stereocenters. The lowest BCUT2D eigenvalue weighted by molar-refractivity contribution is 0.212. The van der Waals surface area contributed by atoms with Crippen LogP contribution in [0.3, 0.4) is 0 Å². The highest BCUT2D eigenvalue weighted by Crippen LogP contribution is 2.34. The zero-order valence-electron chi connectivity index (χ0n) is 20.4. The monoisotopic (exact) mass is 473 g/mol. The van der Waals surface area contributed by atoms with Crippen molar-refractivity contribution in [1.82, 2.24) is 30.1 Å². The number of nitriles is 1. The van der Waals surface area contributed by atoms with Gasteiger partial charge in [-0.25, -0.2) is 0 Å². The number of para-hydroxylation sites is 2. The standard InChI is InChI=1S/C29H27N7/c1-21-10-8-11-22(2)27(21)36-29(32-33-34-36)28(25-16-18-31-26-15-7-6-14-24(25)26)35(19-9-17-30)20-23-12-4-3-5-13-23/h3-8,10-16,18,28H,9,19-20H2,1-2H3. The summed E-state index contributed by atoms with van der Waals surface area (Å²) in [5.74, 6) is 0.706. The van der Waals surface area contributed by atoms with E-state index in [9.17, 15) is 5.26 Å². The van der Waals surface area contributed by atoms with Crippen LogP contribution in [0.2, 0.25) is 0 Å². The molecule has 0 aliphatic rings. The highest BCUT2D eigenvalue weighted by molar-refractivity contribution is 5.82. The summed E-state index contributed by atoms with van der Waals surface area (Å²) in [4.78, 5) is 6.88. The molecule has 5 rings (SSSR count). The minimum absolute atomic E-state index is 0.305. The molecule has 0 saturated heterocycles. The third-order valence-electron chi connectivity index (χ3n) is 6.47. The molecule has 0 radical (unpaired) electrons. The quantitative estimate of drug-likeness (QED) is 0.303. The van der Waals surface area contributed by atoms with E-state index in [2.05, 4.69) is 75.7 Å². The van der Waals surface area contributed by atoms with Crippen molar-refractivity contribution in [3.63, 3.8) is 0 Å². The summed E-state index contributed by atoms with van der Waals surface area (Å²) in [6.45, 7) is 5.35. The number of benzene rings is 3. The van der Waals surface area contributed by atoms with Gasteiger partial charge in [0.05, 0.1) is 23.3 Å². The van der Waals surface area contributed by atoms with Gasteiger partial charge in [-0.2, -0.15) is 9.94 Å². The summed E-state index contributed by atoms with van der Waals surface area (Å²) in [5.41, 5.74) is 6.27. The van der Waals surface area contributed by atoms with Gasteiger partial charge in [-0.15, -0.1) is 5.10 Å². The fourth-order valence-electron chi connectivity index (χ4n) is 4.83. The minimum Gasteiger partial charge on any atom is -0.284 e. The molecule has 0 fully saturated rings. The van der Waals surface area contributed by atoms with Crippen LogP contribution < -0.4 is 0 Å². The van der Waals surface area contributed by atoms with Gasteiger partial charge in [-0.3, -0.25) is 9.88 Å². The topological polar surface area (TPSA) is 83.5 Å². The van der Waals surface area contributed by atoms with Gasteiger partial charge >= 0.3 is 0 Å². The van der Waals surface area contributed by atoms with E-state index >= 15 is 0 Å². The number of pyridine rings is 1. The van der Waals surface area contributed by atoms with Crippen molar-refractivity contribution in [2.45, 2.75) is 32.9 Å².